The van der Waals surface area contributed by atoms with Crippen molar-refractivity contribution in [1.82, 2.24) is 10.6 Å². The van der Waals surface area contributed by atoms with E-state index in [1.165, 1.54) is 6.07 Å². The van der Waals surface area contributed by atoms with Crippen LogP contribution in [0.1, 0.15) is 35.2 Å². The topological polar surface area (TPSA) is 109 Å². The summed E-state index contributed by atoms with van der Waals surface area (Å²) in [6.45, 7) is 3.48. The maximum absolute atomic E-state index is 11.6. The highest BCUT2D eigenvalue weighted by Crippen LogP contribution is 2.14. The molecule has 3 N–H and O–H groups in total. The van der Waals surface area contributed by atoms with Crippen LogP contribution in [-0.2, 0) is 17.3 Å². The largest absolute Gasteiger partial charge is 0.478 e. The van der Waals surface area contributed by atoms with Crippen LogP contribution >= 0.6 is 0 Å². The van der Waals surface area contributed by atoms with Crippen molar-refractivity contribution < 1.29 is 23.3 Å². The smallest absolute Gasteiger partial charge is 0.339 e. The van der Waals surface area contributed by atoms with E-state index in [0.29, 0.717) is 23.7 Å². The number of hydrogen-bond donors (Lipinski definition) is 3. The van der Waals surface area contributed by atoms with E-state index in [1.807, 2.05) is 6.92 Å². The number of nitrogens with one attached hydrogen (secondary N) is 2. The minimum Gasteiger partial charge on any atom is -0.478 e. The molecule has 2 unspecified atom stereocenters. The molecule has 1 heterocycles. The maximum Gasteiger partial charge on any atom is 0.339 e. The Kier molecular flexibility index (Phi) is 6.41. The number of furan rings is 1. The van der Waals surface area contributed by atoms with Gasteiger partial charge in [0.1, 0.15) is 17.1 Å². The van der Waals surface area contributed by atoms with Crippen molar-refractivity contribution >= 4 is 22.8 Å². The third-order valence-corrected chi connectivity index (χ3v) is 3.65. The SMILES string of the molecule is Cc1oc(CNC(=O)NC(C)CCS(C)=O)cc1C(=O)O. The number of rotatable bonds is 7. The monoisotopic (exact) mass is 316 g/mol. The van der Waals surface area contributed by atoms with Crippen molar-refractivity contribution in [2.75, 3.05) is 12.0 Å². The van der Waals surface area contributed by atoms with Crippen LogP contribution in [0.4, 0.5) is 4.79 Å². The third kappa shape index (κ3) is 5.99. The van der Waals surface area contributed by atoms with Crippen LogP contribution in [0.25, 0.3) is 0 Å². The summed E-state index contributed by atoms with van der Waals surface area (Å²) < 4.78 is 16.2. The Hall–Kier alpha value is -1.83. The Morgan fingerprint density at radius 2 is 2.14 bits per heavy atom. The molecule has 0 aromatic carbocycles. The van der Waals surface area contributed by atoms with Crippen LogP contribution in [0, 0.1) is 6.92 Å². The van der Waals surface area contributed by atoms with Gasteiger partial charge in [-0.3, -0.25) is 4.21 Å². The molecule has 0 saturated heterocycles. The summed E-state index contributed by atoms with van der Waals surface area (Å²) >= 11 is 0. The number of amides is 2. The molecule has 2 amide bonds. The summed E-state index contributed by atoms with van der Waals surface area (Å²) in [7, 11) is -0.881. The first kappa shape index (κ1) is 17.2. The van der Waals surface area contributed by atoms with E-state index in [1.54, 1.807) is 13.2 Å². The molecular formula is C13H20N2O5S. The van der Waals surface area contributed by atoms with Gasteiger partial charge >= 0.3 is 12.0 Å². The molecule has 8 heteroatoms. The van der Waals surface area contributed by atoms with Crippen LogP contribution in [0.3, 0.4) is 0 Å². The zero-order chi connectivity index (χ0) is 16.0. The fourth-order valence-electron chi connectivity index (χ4n) is 1.70. The zero-order valence-electron chi connectivity index (χ0n) is 12.3. The molecule has 1 aromatic rings. The normalized spacial score (nSPS) is 13.5. The summed E-state index contributed by atoms with van der Waals surface area (Å²) in [4.78, 5) is 22.5. The van der Waals surface area contributed by atoms with E-state index in [2.05, 4.69) is 10.6 Å². The van der Waals surface area contributed by atoms with Crippen LogP contribution in [0.2, 0.25) is 0 Å². The maximum atomic E-state index is 11.6. The molecular weight excluding hydrogens is 296 g/mol. The summed E-state index contributed by atoms with van der Waals surface area (Å²) in [6.07, 6.45) is 2.24. The average molecular weight is 316 g/mol. The quantitative estimate of drug-likeness (QED) is 0.701. The predicted octanol–water partition coefficient (Wildman–Crippen LogP) is 1.24. The summed E-state index contributed by atoms with van der Waals surface area (Å²) in [6, 6.07) is 0.916. The summed E-state index contributed by atoms with van der Waals surface area (Å²) in [5.41, 5.74) is 0.0889. The van der Waals surface area contributed by atoms with E-state index >= 15 is 0 Å². The fraction of sp³-hybridized carbons (Fsp3) is 0.538. The van der Waals surface area contributed by atoms with Crippen LogP contribution in [0.15, 0.2) is 10.5 Å². The van der Waals surface area contributed by atoms with Crippen molar-refractivity contribution in [2.24, 2.45) is 0 Å². The standard InChI is InChI=1S/C13H20N2O5S/c1-8(4-5-21(3)19)15-13(18)14-7-10-6-11(12(16)17)9(2)20-10/h6,8H,4-5,7H2,1-3H3,(H,16,17)(H2,14,15,18). The van der Waals surface area contributed by atoms with E-state index in [-0.39, 0.29) is 24.2 Å². The lowest BCUT2D eigenvalue weighted by atomic mass is 10.2. The van der Waals surface area contributed by atoms with Gasteiger partial charge in [0.15, 0.2) is 0 Å². The first-order valence-electron chi connectivity index (χ1n) is 6.46. The molecule has 1 rings (SSSR count). The second-order valence-corrected chi connectivity index (χ2v) is 6.34. The highest BCUT2D eigenvalue weighted by molar-refractivity contribution is 7.84. The summed E-state index contributed by atoms with van der Waals surface area (Å²) in [5.74, 6) is 0.148. The van der Waals surface area contributed by atoms with Gasteiger partial charge in [-0.15, -0.1) is 0 Å². The van der Waals surface area contributed by atoms with Gasteiger partial charge in [0.2, 0.25) is 0 Å². The molecule has 7 nitrogen and oxygen atoms in total. The molecule has 2 atom stereocenters. The van der Waals surface area contributed by atoms with E-state index in [0.717, 1.165) is 0 Å². The number of aromatic carboxylic acids is 1. The minimum absolute atomic E-state index is 0.0889. The third-order valence-electron chi connectivity index (χ3n) is 2.84. The second-order valence-electron chi connectivity index (χ2n) is 4.78. The lowest BCUT2D eigenvalue weighted by molar-refractivity contribution is 0.0695. The molecule has 0 aliphatic rings. The second kappa shape index (κ2) is 7.82. The Balaban J connectivity index is 2.41. The minimum atomic E-state index is -1.06. The highest BCUT2D eigenvalue weighted by atomic mass is 32.2. The molecule has 1 aromatic heterocycles. The van der Waals surface area contributed by atoms with Crippen molar-refractivity contribution in [2.45, 2.75) is 32.9 Å². The van der Waals surface area contributed by atoms with E-state index < -0.39 is 16.8 Å². The Bertz CT molecular complexity index is 541. The molecule has 0 aliphatic heterocycles. The zero-order valence-corrected chi connectivity index (χ0v) is 13.1. The van der Waals surface area contributed by atoms with Crippen molar-refractivity contribution in [1.29, 1.82) is 0 Å². The van der Waals surface area contributed by atoms with Crippen LogP contribution < -0.4 is 10.6 Å². The van der Waals surface area contributed by atoms with Crippen molar-refractivity contribution in [3.8, 4) is 0 Å². The van der Waals surface area contributed by atoms with Gasteiger partial charge in [0.25, 0.3) is 0 Å². The molecule has 0 radical (unpaired) electrons. The number of carbonyl (C=O) groups is 2. The molecule has 118 valence electrons. The molecule has 0 bridgehead atoms. The van der Waals surface area contributed by atoms with Gasteiger partial charge in [-0.05, 0) is 26.3 Å². The molecule has 0 fully saturated rings. The lowest BCUT2D eigenvalue weighted by Crippen LogP contribution is -2.40. The van der Waals surface area contributed by atoms with E-state index in [9.17, 15) is 13.8 Å². The van der Waals surface area contributed by atoms with Gasteiger partial charge in [-0.25, -0.2) is 9.59 Å². The Morgan fingerprint density at radius 3 is 2.67 bits per heavy atom. The number of urea groups is 1. The number of carboxylic acid groups (broad SMARTS) is 1. The van der Waals surface area contributed by atoms with Crippen molar-refractivity contribution in [3.05, 3.63) is 23.2 Å². The fourth-order valence-corrected chi connectivity index (χ4v) is 2.39. The molecule has 0 saturated carbocycles. The average Bonchev–Trinajstić information content (AvgIpc) is 2.75. The number of carboxylic acids is 1. The van der Waals surface area contributed by atoms with Crippen LogP contribution in [0.5, 0.6) is 0 Å². The highest BCUT2D eigenvalue weighted by Gasteiger charge is 2.14. The van der Waals surface area contributed by atoms with Crippen LogP contribution in [-0.4, -0.2) is 39.4 Å². The Morgan fingerprint density at radius 1 is 1.48 bits per heavy atom. The first-order valence-corrected chi connectivity index (χ1v) is 8.19. The van der Waals surface area contributed by atoms with Crippen molar-refractivity contribution in [3.63, 3.8) is 0 Å². The van der Waals surface area contributed by atoms with Gasteiger partial charge < -0.3 is 20.2 Å². The lowest BCUT2D eigenvalue weighted by Gasteiger charge is -2.13. The number of aryl methyl sites for hydroxylation is 1. The van der Waals surface area contributed by atoms with Gasteiger partial charge in [0, 0.05) is 28.9 Å². The molecule has 21 heavy (non-hydrogen) atoms. The van der Waals surface area contributed by atoms with E-state index in [4.69, 9.17) is 9.52 Å². The first-order chi connectivity index (χ1) is 9.79. The summed E-state index contributed by atoms with van der Waals surface area (Å²) in [5, 5.41) is 14.2. The number of carbonyl (C=O) groups excluding carboxylic acids is 1. The van der Waals surface area contributed by atoms with Gasteiger partial charge in [0.05, 0.1) is 6.54 Å². The number of hydrogen-bond acceptors (Lipinski definition) is 4. The molecule has 0 aliphatic carbocycles. The molecule has 0 spiro atoms. The van der Waals surface area contributed by atoms with Gasteiger partial charge in [-0.1, -0.05) is 0 Å². The predicted molar refractivity (Wildman–Crippen MR) is 78.8 cm³/mol. The Labute approximate surface area is 125 Å². The van der Waals surface area contributed by atoms with Gasteiger partial charge in [-0.2, -0.15) is 0 Å².